The van der Waals surface area contributed by atoms with Crippen LogP contribution in [0.25, 0.3) is 0 Å². The Morgan fingerprint density at radius 3 is 2.21 bits per heavy atom. The molecule has 3 aromatic rings. The molecule has 0 saturated heterocycles. The van der Waals surface area contributed by atoms with E-state index in [1.807, 2.05) is 48.5 Å². The molecule has 0 saturated carbocycles. The van der Waals surface area contributed by atoms with Gasteiger partial charge in [-0.2, -0.15) is 0 Å². The van der Waals surface area contributed by atoms with Crippen LogP contribution in [0.15, 0.2) is 84.9 Å². The summed E-state index contributed by atoms with van der Waals surface area (Å²) in [6, 6.07) is 25.4. The van der Waals surface area contributed by atoms with Crippen molar-refractivity contribution >= 4 is 23.2 Å². The molecular formula is C23H20N2O4. The van der Waals surface area contributed by atoms with Gasteiger partial charge in [0, 0.05) is 11.4 Å². The number of hydrogen-bond acceptors (Lipinski definition) is 4. The Morgan fingerprint density at radius 2 is 1.48 bits per heavy atom. The minimum Gasteiger partial charge on any atom is -0.485 e. The molecule has 0 aromatic heterocycles. The molecule has 3 aromatic carbocycles. The van der Waals surface area contributed by atoms with Gasteiger partial charge in [0.05, 0.1) is 0 Å². The maximum Gasteiger partial charge on any atom is 0.272 e. The van der Waals surface area contributed by atoms with Gasteiger partial charge >= 0.3 is 0 Å². The van der Waals surface area contributed by atoms with E-state index >= 15 is 0 Å². The Bertz CT molecular complexity index is 992. The number of amides is 2. The minimum absolute atomic E-state index is 0.0828. The summed E-state index contributed by atoms with van der Waals surface area (Å²) in [4.78, 5) is 27.3. The third kappa shape index (κ3) is 4.38. The molecule has 0 radical (unpaired) electrons. The van der Waals surface area contributed by atoms with Crippen LogP contribution in [0, 0.1) is 0 Å². The van der Waals surface area contributed by atoms with Gasteiger partial charge in [-0.15, -0.1) is 0 Å². The highest BCUT2D eigenvalue weighted by molar-refractivity contribution is 6.04. The van der Waals surface area contributed by atoms with E-state index in [4.69, 9.17) is 9.47 Å². The molecule has 1 unspecified atom stereocenters. The van der Waals surface area contributed by atoms with E-state index in [0.29, 0.717) is 22.9 Å². The SMILES string of the molecule is O=C(CN(C(=O)C1COc2ccccc2O1)c1ccccc1)Nc1ccccc1. The number of nitrogens with zero attached hydrogens (tertiary/aromatic N) is 1. The van der Waals surface area contributed by atoms with Crippen LogP contribution in [0.3, 0.4) is 0 Å². The highest BCUT2D eigenvalue weighted by Crippen LogP contribution is 2.31. The monoisotopic (exact) mass is 388 g/mol. The number of ether oxygens (including phenoxy) is 2. The summed E-state index contributed by atoms with van der Waals surface area (Å²) in [5, 5.41) is 2.81. The molecule has 6 heteroatoms. The second-order valence-corrected chi connectivity index (χ2v) is 6.54. The summed E-state index contributed by atoms with van der Waals surface area (Å²) in [7, 11) is 0. The molecule has 4 rings (SSSR count). The van der Waals surface area contributed by atoms with E-state index in [1.165, 1.54) is 4.90 Å². The van der Waals surface area contributed by atoms with Gasteiger partial charge < -0.3 is 14.8 Å². The van der Waals surface area contributed by atoms with Crippen LogP contribution < -0.4 is 19.7 Å². The van der Waals surface area contributed by atoms with Crippen LogP contribution in [0.1, 0.15) is 0 Å². The molecule has 6 nitrogen and oxygen atoms in total. The number of hydrogen-bond donors (Lipinski definition) is 1. The van der Waals surface area contributed by atoms with Crippen LogP contribution in [0.5, 0.6) is 11.5 Å². The van der Waals surface area contributed by atoms with Crippen molar-refractivity contribution in [2.45, 2.75) is 6.10 Å². The Hall–Kier alpha value is -3.80. The highest BCUT2D eigenvalue weighted by atomic mass is 16.6. The van der Waals surface area contributed by atoms with Gasteiger partial charge in [0.2, 0.25) is 12.0 Å². The number of fused-ring (bicyclic) bond motifs is 1. The zero-order valence-corrected chi connectivity index (χ0v) is 15.7. The lowest BCUT2D eigenvalue weighted by molar-refractivity contribution is -0.129. The Kier molecular flexibility index (Phi) is 5.42. The third-order valence-corrected chi connectivity index (χ3v) is 4.48. The Labute approximate surface area is 168 Å². The fraction of sp³-hybridized carbons (Fsp3) is 0.130. The third-order valence-electron chi connectivity index (χ3n) is 4.48. The molecule has 0 fully saturated rings. The number of benzene rings is 3. The van der Waals surface area contributed by atoms with E-state index < -0.39 is 6.10 Å². The fourth-order valence-corrected chi connectivity index (χ4v) is 3.09. The molecule has 0 aliphatic carbocycles. The average Bonchev–Trinajstić information content (AvgIpc) is 2.78. The predicted octanol–water partition coefficient (Wildman–Crippen LogP) is 3.50. The largest absolute Gasteiger partial charge is 0.485 e. The van der Waals surface area contributed by atoms with E-state index in [1.54, 1.807) is 36.4 Å². The first-order valence-electron chi connectivity index (χ1n) is 9.30. The topological polar surface area (TPSA) is 67.9 Å². The summed E-state index contributed by atoms with van der Waals surface area (Å²) in [5.74, 6) is 0.475. The van der Waals surface area contributed by atoms with E-state index in [0.717, 1.165) is 0 Å². The number of rotatable bonds is 5. The number of carbonyl (C=O) groups excluding carboxylic acids is 2. The molecule has 1 aliphatic rings. The Morgan fingerprint density at radius 1 is 0.862 bits per heavy atom. The molecule has 0 bridgehead atoms. The van der Waals surface area contributed by atoms with Gasteiger partial charge in [-0.25, -0.2) is 0 Å². The average molecular weight is 388 g/mol. The maximum absolute atomic E-state index is 13.2. The molecular weight excluding hydrogens is 368 g/mol. The summed E-state index contributed by atoms with van der Waals surface area (Å²) >= 11 is 0. The van der Waals surface area contributed by atoms with Gasteiger partial charge in [0.15, 0.2) is 11.5 Å². The standard InChI is InChI=1S/C23H20N2O4/c26-22(24-17-9-3-1-4-10-17)15-25(18-11-5-2-6-12-18)23(27)21-16-28-19-13-7-8-14-20(19)29-21/h1-14,21H,15-16H2,(H,24,26). The smallest absolute Gasteiger partial charge is 0.272 e. The van der Waals surface area contributed by atoms with Gasteiger partial charge in [-0.1, -0.05) is 48.5 Å². The van der Waals surface area contributed by atoms with Crippen molar-refractivity contribution in [3.05, 3.63) is 84.9 Å². The quantitative estimate of drug-likeness (QED) is 0.726. The summed E-state index contributed by atoms with van der Waals surface area (Å²) in [5.41, 5.74) is 1.28. The van der Waals surface area contributed by atoms with Gasteiger partial charge in [0.25, 0.3) is 5.91 Å². The first-order valence-corrected chi connectivity index (χ1v) is 9.30. The fourth-order valence-electron chi connectivity index (χ4n) is 3.09. The number of nitrogens with one attached hydrogen (secondary N) is 1. The van der Waals surface area contributed by atoms with Crippen molar-refractivity contribution in [3.8, 4) is 11.5 Å². The van der Waals surface area contributed by atoms with Crippen molar-refractivity contribution in [1.82, 2.24) is 0 Å². The normalized spacial score (nSPS) is 14.7. The second kappa shape index (κ2) is 8.48. The van der Waals surface area contributed by atoms with Crippen LogP contribution in [-0.4, -0.2) is 31.1 Å². The lowest BCUT2D eigenvalue weighted by Gasteiger charge is -2.30. The van der Waals surface area contributed by atoms with Crippen molar-refractivity contribution in [2.75, 3.05) is 23.4 Å². The maximum atomic E-state index is 13.2. The second-order valence-electron chi connectivity index (χ2n) is 6.54. The molecule has 146 valence electrons. The van der Waals surface area contributed by atoms with Gasteiger partial charge in [-0.05, 0) is 36.4 Å². The lowest BCUT2D eigenvalue weighted by atomic mass is 10.2. The molecule has 0 spiro atoms. The molecule has 1 N–H and O–H groups in total. The van der Waals surface area contributed by atoms with Crippen LogP contribution >= 0.6 is 0 Å². The lowest BCUT2D eigenvalue weighted by Crippen LogP contribution is -2.49. The highest BCUT2D eigenvalue weighted by Gasteiger charge is 2.32. The van der Waals surface area contributed by atoms with Gasteiger partial charge in [0.1, 0.15) is 13.2 Å². The number of anilines is 2. The first-order chi connectivity index (χ1) is 14.2. The summed E-state index contributed by atoms with van der Waals surface area (Å²) in [6.45, 7) is -0.0568. The zero-order valence-electron chi connectivity index (χ0n) is 15.7. The van der Waals surface area contributed by atoms with Crippen LogP contribution in [0.4, 0.5) is 11.4 Å². The van der Waals surface area contributed by atoms with E-state index in [2.05, 4.69) is 5.32 Å². The van der Waals surface area contributed by atoms with Crippen molar-refractivity contribution in [3.63, 3.8) is 0 Å². The number of carbonyl (C=O) groups is 2. The predicted molar refractivity (Wildman–Crippen MR) is 110 cm³/mol. The van der Waals surface area contributed by atoms with Crippen molar-refractivity contribution in [2.24, 2.45) is 0 Å². The zero-order chi connectivity index (χ0) is 20.1. The van der Waals surface area contributed by atoms with Crippen molar-refractivity contribution in [1.29, 1.82) is 0 Å². The Balaban J connectivity index is 1.53. The summed E-state index contributed by atoms with van der Waals surface area (Å²) in [6.07, 6.45) is -0.838. The molecule has 1 aliphatic heterocycles. The van der Waals surface area contributed by atoms with E-state index in [-0.39, 0.29) is 25.0 Å². The summed E-state index contributed by atoms with van der Waals surface area (Å²) < 4.78 is 11.5. The van der Waals surface area contributed by atoms with Gasteiger partial charge in [-0.3, -0.25) is 14.5 Å². The number of para-hydroxylation sites is 4. The molecule has 1 heterocycles. The minimum atomic E-state index is -0.838. The molecule has 2 amide bonds. The molecule has 29 heavy (non-hydrogen) atoms. The van der Waals surface area contributed by atoms with E-state index in [9.17, 15) is 9.59 Å². The van der Waals surface area contributed by atoms with Crippen LogP contribution in [-0.2, 0) is 9.59 Å². The van der Waals surface area contributed by atoms with Crippen molar-refractivity contribution < 1.29 is 19.1 Å². The van der Waals surface area contributed by atoms with Crippen LogP contribution in [0.2, 0.25) is 0 Å². The molecule has 1 atom stereocenters. The first kappa shape index (κ1) is 18.6.